The third-order valence-electron chi connectivity index (χ3n) is 5.47. The molecule has 174 valence electrons. The highest BCUT2D eigenvalue weighted by Crippen LogP contribution is 2.29. The lowest BCUT2D eigenvalue weighted by Gasteiger charge is -2.27. The molecule has 33 heavy (non-hydrogen) atoms. The molecule has 0 radical (unpaired) electrons. The molecule has 1 amide bonds. The fourth-order valence-corrected chi connectivity index (χ4v) is 3.73. The maximum Gasteiger partial charge on any atom is 0.221 e. The van der Waals surface area contributed by atoms with Gasteiger partial charge >= 0.3 is 0 Å². The third kappa shape index (κ3) is 6.65. The predicted molar refractivity (Wildman–Crippen MR) is 123 cm³/mol. The minimum Gasteiger partial charge on any atom is -0.353 e. The number of amides is 1. The van der Waals surface area contributed by atoms with Gasteiger partial charge in [0.25, 0.3) is 0 Å². The summed E-state index contributed by atoms with van der Waals surface area (Å²) >= 11 is 0. The Morgan fingerprint density at radius 3 is 2.09 bits per heavy atom. The Bertz CT molecular complexity index is 1050. The van der Waals surface area contributed by atoms with Crippen LogP contribution in [0.25, 0.3) is 12.2 Å². The summed E-state index contributed by atoms with van der Waals surface area (Å²) in [6, 6.07) is 7.67. The second-order valence-electron chi connectivity index (χ2n) is 8.58. The first kappa shape index (κ1) is 24.5. The Balaban J connectivity index is 1.92. The highest BCUT2D eigenvalue weighted by Gasteiger charge is 2.29. The standard InChI is InChI=1S/C26H27F3N2O2/c1-16-10-17(4-6-22(16)27)11-19-14-21(30-25(32)8-9-31(2)3)15-20(26(19)33)12-18-5-7-23(28)24(29)13-18/h4-7,10-13,21H,8-9,14-15H2,1-3H3,(H,30,32)/b19-11+,20-12+. The number of hydrogen-bond acceptors (Lipinski definition) is 3. The summed E-state index contributed by atoms with van der Waals surface area (Å²) in [5.74, 6) is -2.67. The summed E-state index contributed by atoms with van der Waals surface area (Å²) in [5.41, 5.74) is 2.32. The molecule has 1 aliphatic rings. The van der Waals surface area contributed by atoms with Crippen LogP contribution >= 0.6 is 0 Å². The molecule has 0 saturated heterocycles. The maximum atomic E-state index is 13.7. The van der Waals surface area contributed by atoms with E-state index < -0.39 is 11.6 Å². The summed E-state index contributed by atoms with van der Waals surface area (Å²) in [6.45, 7) is 2.23. The molecule has 0 heterocycles. The summed E-state index contributed by atoms with van der Waals surface area (Å²) < 4.78 is 40.6. The zero-order valence-electron chi connectivity index (χ0n) is 18.9. The van der Waals surface area contributed by atoms with Crippen molar-refractivity contribution in [1.82, 2.24) is 10.2 Å². The summed E-state index contributed by atoms with van der Waals surface area (Å²) in [6.07, 6.45) is 4.11. The molecule has 7 heteroatoms. The smallest absolute Gasteiger partial charge is 0.221 e. The SMILES string of the molecule is Cc1cc(/C=C2\CC(NC(=O)CCN(C)C)C/C(=C\c3ccc(F)c(F)c3)C2=O)ccc1F. The first-order valence-corrected chi connectivity index (χ1v) is 10.7. The van der Waals surface area contributed by atoms with Crippen molar-refractivity contribution in [3.63, 3.8) is 0 Å². The van der Waals surface area contributed by atoms with Gasteiger partial charge < -0.3 is 10.2 Å². The van der Waals surface area contributed by atoms with Crippen molar-refractivity contribution in [2.75, 3.05) is 20.6 Å². The number of aryl methyl sites for hydroxylation is 1. The number of carbonyl (C=O) groups excluding carboxylic acids is 2. The van der Waals surface area contributed by atoms with Crippen molar-refractivity contribution in [3.05, 3.63) is 81.7 Å². The summed E-state index contributed by atoms with van der Waals surface area (Å²) in [4.78, 5) is 27.5. The number of nitrogens with one attached hydrogen (secondary N) is 1. The van der Waals surface area contributed by atoms with E-state index in [1.807, 2.05) is 19.0 Å². The van der Waals surface area contributed by atoms with Gasteiger partial charge in [0.15, 0.2) is 17.4 Å². The lowest BCUT2D eigenvalue weighted by atomic mass is 9.83. The molecule has 1 N–H and O–H groups in total. The van der Waals surface area contributed by atoms with Crippen molar-refractivity contribution in [1.29, 1.82) is 0 Å². The van der Waals surface area contributed by atoms with Gasteiger partial charge in [0.2, 0.25) is 5.91 Å². The molecule has 0 bridgehead atoms. The molecule has 1 saturated carbocycles. The number of rotatable bonds is 6. The predicted octanol–water partition coefficient (Wildman–Crippen LogP) is 4.68. The van der Waals surface area contributed by atoms with Crippen molar-refractivity contribution in [2.45, 2.75) is 32.2 Å². The van der Waals surface area contributed by atoms with Crippen LogP contribution in [0.5, 0.6) is 0 Å². The third-order valence-corrected chi connectivity index (χ3v) is 5.47. The van der Waals surface area contributed by atoms with Gasteiger partial charge in [-0.05, 0) is 87.0 Å². The molecule has 1 atom stereocenters. The fourth-order valence-electron chi connectivity index (χ4n) is 3.73. The number of nitrogens with zero attached hydrogens (tertiary/aromatic N) is 1. The van der Waals surface area contributed by atoms with Crippen LogP contribution in [-0.4, -0.2) is 43.3 Å². The van der Waals surface area contributed by atoms with Crippen LogP contribution in [0.2, 0.25) is 0 Å². The molecule has 0 aliphatic heterocycles. The normalized spacial score (nSPS) is 18.9. The quantitative estimate of drug-likeness (QED) is 0.643. The first-order chi connectivity index (χ1) is 15.6. The number of benzene rings is 2. The van der Waals surface area contributed by atoms with Crippen molar-refractivity contribution in [2.24, 2.45) is 0 Å². The van der Waals surface area contributed by atoms with Crippen LogP contribution in [0.1, 0.15) is 36.0 Å². The van der Waals surface area contributed by atoms with E-state index in [9.17, 15) is 22.8 Å². The van der Waals surface area contributed by atoms with E-state index in [1.165, 1.54) is 18.2 Å². The van der Waals surface area contributed by atoms with Gasteiger partial charge in [-0.25, -0.2) is 13.2 Å². The Labute approximate surface area is 191 Å². The molecule has 1 unspecified atom stereocenters. The van der Waals surface area contributed by atoms with Gasteiger partial charge in [-0.1, -0.05) is 12.1 Å². The highest BCUT2D eigenvalue weighted by atomic mass is 19.2. The molecule has 3 rings (SSSR count). The molecule has 2 aromatic rings. The largest absolute Gasteiger partial charge is 0.353 e. The number of ketones is 1. The van der Waals surface area contributed by atoms with E-state index in [0.29, 0.717) is 47.2 Å². The molecule has 2 aromatic carbocycles. The topological polar surface area (TPSA) is 49.4 Å². The molecule has 0 spiro atoms. The van der Waals surface area contributed by atoms with Crippen molar-refractivity contribution < 1.29 is 22.8 Å². The Morgan fingerprint density at radius 2 is 1.55 bits per heavy atom. The number of hydrogen-bond donors (Lipinski definition) is 1. The Hall–Kier alpha value is -3.19. The van der Waals surface area contributed by atoms with E-state index in [2.05, 4.69) is 5.32 Å². The van der Waals surface area contributed by atoms with Crippen molar-refractivity contribution >= 4 is 23.8 Å². The molecule has 4 nitrogen and oxygen atoms in total. The fraction of sp³-hybridized carbons (Fsp3) is 0.308. The average molecular weight is 457 g/mol. The van der Waals surface area contributed by atoms with Gasteiger partial charge in [-0.3, -0.25) is 9.59 Å². The van der Waals surface area contributed by atoms with Crippen LogP contribution in [-0.2, 0) is 9.59 Å². The van der Waals surface area contributed by atoms with Crippen LogP contribution in [0.3, 0.4) is 0 Å². The lowest BCUT2D eigenvalue weighted by molar-refractivity contribution is -0.122. The van der Waals surface area contributed by atoms with Gasteiger partial charge in [-0.2, -0.15) is 0 Å². The highest BCUT2D eigenvalue weighted by molar-refractivity contribution is 6.14. The molecular formula is C26H27F3N2O2. The molecular weight excluding hydrogens is 429 g/mol. The monoisotopic (exact) mass is 456 g/mol. The zero-order chi connectivity index (χ0) is 24.1. The second-order valence-corrected chi connectivity index (χ2v) is 8.58. The van der Waals surface area contributed by atoms with Crippen LogP contribution in [0, 0.1) is 24.4 Å². The number of halogens is 3. The maximum absolute atomic E-state index is 13.7. The molecule has 1 fully saturated rings. The second kappa shape index (κ2) is 10.6. The minimum absolute atomic E-state index is 0.132. The van der Waals surface area contributed by atoms with Gasteiger partial charge in [0, 0.05) is 30.2 Å². The number of Topliss-reactive ketones (excluding diaryl/α,β-unsaturated/α-hetero) is 1. The van der Waals surface area contributed by atoms with Crippen LogP contribution < -0.4 is 5.32 Å². The Morgan fingerprint density at radius 1 is 0.970 bits per heavy atom. The van der Waals surface area contributed by atoms with Crippen molar-refractivity contribution in [3.8, 4) is 0 Å². The van der Waals surface area contributed by atoms with Crippen LogP contribution in [0.15, 0.2) is 47.5 Å². The zero-order valence-corrected chi connectivity index (χ0v) is 18.9. The van der Waals surface area contributed by atoms with E-state index >= 15 is 0 Å². The average Bonchev–Trinajstić information content (AvgIpc) is 2.75. The van der Waals surface area contributed by atoms with E-state index in [-0.39, 0.29) is 30.0 Å². The van der Waals surface area contributed by atoms with Crippen LogP contribution in [0.4, 0.5) is 13.2 Å². The Kier molecular flexibility index (Phi) is 7.87. The summed E-state index contributed by atoms with van der Waals surface area (Å²) in [7, 11) is 3.75. The van der Waals surface area contributed by atoms with Gasteiger partial charge in [0.05, 0.1) is 0 Å². The molecule has 1 aliphatic carbocycles. The van der Waals surface area contributed by atoms with E-state index in [0.717, 1.165) is 12.1 Å². The molecule has 0 aromatic heterocycles. The number of carbonyl (C=O) groups is 2. The van der Waals surface area contributed by atoms with Gasteiger partial charge in [0.1, 0.15) is 5.82 Å². The summed E-state index contributed by atoms with van der Waals surface area (Å²) in [5, 5.41) is 2.97. The minimum atomic E-state index is -1.00. The van der Waals surface area contributed by atoms with Gasteiger partial charge in [-0.15, -0.1) is 0 Å². The lowest BCUT2D eigenvalue weighted by Crippen LogP contribution is -2.40. The van der Waals surface area contributed by atoms with E-state index in [4.69, 9.17) is 0 Å². The first-order valence-electron chi connectivity index (χ1n) is 10.7. The van der Waals surface area contributed by atoms with E-state index in [1.54, 1.807) is 25.1 Å².